The minimum atomic E-state index is -0.695. The highest BCUT2D eigenvalue weighted by Gasteiger charge is 2.52. The molecule has 0 atom stereocenters. The van der Waals surface area contributed by atoms with Crippen LogP contribution in [0.2, 0.25) is 0 Å². The smallest absolute Gasteiger partial charge is 0.239 e. The summed E-state index contributed by atoms with van der Waals surface area (Å²) >= 11 is 1.53. The number of aromatic nitrogens is 3. The third-order valence-electron chi connectivity index (χ3n) is 7.32. The van der Waals surface area contributed by atoms with Crippen molar-refractivity contribution < 1.29 is 9.32 Å². The third kappa shape index (κ3) is 3.72. The number of anilines is 3. The standard InChI is InChI=1S/C25H28N6O2S/c1-34-24-28-21-20(22(29-24)26-13-17-7-8-17)15-31(19-14-27-33-16-19)23(32)25(21)9-11-30(12-10-25)18-5-3-2-4-6-18/h2-6,14,16-17H,7-13,15H2,1H3,(H,26,28,29). The topological polar surface area (TPSA) is 87.4 Å². The van der Waals surface area contributed by atoms with E-state index >= 15 is 0 Å². The molecule has 0 bridgehead atoms. The average molecular weight is 477 g/mol. The van der Waals surface area contributed by atoms with Crippen LogP contribution in [0.4, 0.5) is 17.2 Å². The zero-order valence-electron chi connectivity index (χ0n) is 19.2. The Labute approximate surface area is 203 Å². The fraction of sp³-hybridized carbons (Fsp3) is 0.440. The van der Waals surface area contributed by atoms with Gasteiger partial charge >= 0.3 is 0 Å². The van der Waals surface area contributed by atoms with E-state index in [1.807, 2.05) is 12.3 Å². The van der Waals surface area contributed by atoms with E-state index in [9.17, 15) is 4.79 Å². The van der Waals surface area contributed by atoms with Crippen LogP contribution in [0.3, 0.4) is 0 Å². The molecule has 2 aliphatic heterocycles. The van der Waals surface area contributed by atoms with Gasteiger partial charge in [0.1, 0.15) is 17.8 Å². The molecule has 1 amide bonds. The zero-order valence-corrected chi connectivity index (χ0v) is 20.1. The van der Waals surface area contributed by atoms with Gasteiger partial charge in [0, 0.05) is 30.9 Å². The van der Waals surface area contributed by atoms with Gasteiger partial charge in [-0.2, -0.15) is 0 Å². The SMILES string of the molecule is CSc1nc(NCC2CC2)c2c(n1)C1(CCN(c3ccccc3)CC1)C(=O)N(c1cnoc1)C2. The summed E-state index contributed by atoms with van der Waals surface area (Å²) in [7, 11) is 0. The number of piperidine rings is 1. The lowest BCUT2D eigenvalue weighted by atomic mass is 9.70. The van der Waals surface area contributed by atoms with Crippen LogP contribution in [0.25, 0.3) is 0 Å². The first-order valence-corrected chi connectivity index (χ1v) is 13.1. The van der Waals surface area contributed by atoms with Crippen LogP contribution in [0, 0.1) is 5.92 Å². The summed E-state index contributed by atoms with van der Waals surface area (Å²) in [6.07, 6.45) is 9.07. The van der Waals surface area contributed by atoms with E-state index in [0.29, 0.717) is 36.1 Å². The Balaban J connectivity index is 1.41. The van der Waals surface area contributed by atoms with Gasteiger partial charge in [0.25, 0.3) is 0 Å². The van der Waals surface area contributed by atoms with Gasteiger partial charge in [0.05, 0.1) is 23.9 Å². The molecular formula is C25H28N6O2S. The van der Waals surface area contributed by atoms with Gasteiger partial charge < -0.3 is 19.6 Å². The number of nitrogens with zero attached hydrogens (tertiary/aromatic N) is 5. The number of amides is 1. The Hall–Kier alpha value is -3.07. The number of hydrogen-bond acceptors (Lipinski definition) is 8. The molecule has 176 valence electrons. The number of carbonyl (C=O) groups excluding carboxylic acids is 1. The van der Waals surface area contributed by atoms with Crippen LogP contribution in [0.1, 0.15) is 36.9 Å². The Morgan fingerprint density at radius 2 is 1.94 bits per heavy atom. The second-order valence-corrected chi connectivity index (χ2v) is 10.2. The fourth-order valence-electron chi connectivity index (χ4n) is 5.18. The zero-order chi connectivity index (χ0) is 23.1. The lowest BCUT2D eigenvalue weighted by molar-refractivity contribution is -0.126. The van der Waals surface area contributed by atoms with Crippen molar-refractivity contribution in [1.29, 1.82) is 0 Å². The molecule has 0 radical (unpaired) electrons. The maximum Gasteiger partial charge on any atom is 0.239 e. The van der Waals surface area contributed by atoms with Crippen molar-refractivity contribution in [3.8, 4) is 0 Å². The number of rotatable bonds is 6. The predicted octanol–water partition coefficient (Wildman–Crippen LogP) is 4.09. The lowest BCUT2D eigenvalue weighted by Gasteiger charge is -2.47. The molecule has 8 nitrogen and oxygen atoms in total. The Kier molecular flexibility index (Phi) is 5.44. The molecule has 1 saturated carbocycles. The summed E-state index contributed by atoms with van der Waals surface area (Å²) < 4.78 is 5.11. The monoisotopic (exact) mass is 476 g/mol. The summed E-state index contributed by atoms with van der Waals surface area (Å²) in [5.41, 5.74) is 3.10. The summed E-state index contributed by atoms with van der Waals surface area (Å²) in [4.78, 5) is 28.1. The fourth-order valence-corrected chi connectivity index (χ4v) is 5.54. The van der Waals surface area contributed by atoms with Crippen LogP contribution in [-0.2, 0) is 16.8 Å². The van der Waals surface area contributed by atoms with Gasteiger partial charge in [0.2, 0.25) is 5.91 Å². The second kappa shape index (κ2) is 8.61. The molecule has 1 spiro atoms. The first kappa shape index (κ1) is 21.5. The van der Waals surface area contributed by atoms with Gasteiger partial charge in [-0.3, -0.25) is 4.79 Å². The average Bonchev–Trinajstić information content (AvgIpc) is 3.56. The molecule has 1 aromatic carbocycles. The first-order valence-electron chi connectivity index (χ1n) is 11.9. The number of hydrogen-bond donors (Lipinski definition) is 1. The van der Waals surface area contributed by atoms with Crippen molar-refractivity contribution in [2.75, 3.05) is 41.0 Å². The van der Waals surface area contributed by atoms with E-state index in [2.05, 4.69) is 39.6 Å². The lowest BCUT2D eigenvalue weighted by Crippen LogP contribution is -2.57. The molecule has 1 saturated heterocycles. The molecule has 34 heavy (non-hydrogen) atoms. The molecule has 3 aromatic rings. The summed E-state index contributed by atoms with van der Waals surface area (Å²) in [6, 6.07) is 10.4. The van der Waals surface area contributed by atoms with Crippen LogP contribution in [-0.4, -0.2) is 46.9 Å². The molecule has 1 N–H and O–H groups in total. The number of carbonyl (C=O) groups is 1. The van der Waals surface area contributed by atoms with E-state index in [0.717, 1.165) is 36.7 Å². The number of nitrogens with one attached hydrogen (secondary N) is 1. The van der Waals surface area contributed by atoms with Gasteiger partial charge in [-0.15, -0.1) is 0 Å². The van der Waals surface area contributed by atoms with E-state index in [1.54, 1.807) is 17.4 Å². The number of thioether (sulfide) groups is 1. The largest absolute Gasteiger partial charge is 0.371 e. The maximum absolute atomic E-state index is 14.1. The van der Waals surface area contributed by atoms with Gasteiger partial charge in [-0.05, 0) is 50.0 Å². The summed E-state index contributed by atoms with van der Waals surface area (Å²) in [6.45, 7) is 2.90. The van der Waals surface area contributed by atoms with E-state index < -0.39 is 5.41 Å². The maximum atomic E-state index is 14.1. The van der Waals surface area contributed by atoms with Crippen molar-refractivity contribution in [2.24, 2.45) is 5.92 Å². The van der Waals surface area contributed by atoms with Crippen LogP contribution >= 0.6 is 11.8 Å². The molecule has 2 aromatic heterocycles. The first-order chi connectivity index (χ1) is 16.7. The van der Waals surface area contributed by atoms with E-state index in [-0.39, 0.29) is 5.91 Å². The van der Waals surface area contributed by atoms with Crippen LogP contribution < -0.4 is 15.1 Å². The molecule has 1 aliphatic carbocycles. The molecule has 4 heterocycles. The van der Waals surface area contributed by atoms with Crippen molar-refractivity contribution in [3.05, 3.63) is 54.0 Å². The Bertz CT molecular complexity index is 1170. The second-order valence-electron chi connectivity index (χ2n) is 9.39. The van der Waals surface area contributed by atoms with Crippen molar-refractivity contribution in [1.82, 2.24) is 15.1 Å². The normalized spacial score (nSPS) is 19.4. The molecule has 6 rings (SSSR count). The summed E-state index contributed by atoms with van der Waals surface area (Å²) in [5.74, 6) is 1.65. The van der Waals surface area contributed by atoms with E-state index in [4.69, 9.17) is 14.5 Å². The van der Waals surface area contributed by atoms with Gasteiger partial charge in [-0.1, -0.05) is 35.1 Å². The molecular weight excluding hydrogens is 448 g/mol. The van der Waals surface area contributed by atoms with E-state index in [1.165, 1.54) is 30.3 Å². The Morgan fingerprint density at radius 1 is 1.15 bits per heavy atom. The van der Waals surface area contributed by atoms with Crippen LogP contribution in [0.5, 0.6) is 0 Å². The summed E-state index contributed by atoms with van der Waals surface area (Å²) in [5, 5.41) is 8.17. The van der Waals surface area contributed by atoms with Gasteiger partial charge in [-0.25, -0.2) is 9.97 Å². The number of fused-ring (bicyclic) bond motifs is 2. The van der Waals surface area contributed by atoms with Crippen molar-refractivity contribution in [3.63, 3.8) is 0 Å². The minimum absolute atomic E-state index is 0.0785. The van der Waals surface area contributed by atoms with Crippen molar-refractivity contribution >= 4 is 34.9 Å². The van der Waals surface area contributed by atoms with Crippen LogP contribution in [0.15, 0.2) is 52.5 Å². The number of benzene rings is 1. The minimum Gasteiger partial charge on any atom is -0.371 e. The Morgan fingerprint density at radius 3 is 2.62 bits per heavy atom. The highest BCUT2D eigenvalue weighted by Crippen LogP contribution is 2.46. The highest BCUT2D eigenvalue weighted by molar-refractivity contribution is 7.98. The van der Waals surface area contributed by atoms with Gasteiger partial charge in [0.15, 0.2) is 5.16 Å². The quantitative estimate of drug-likeness (QED) is 0.420. The highest BCUT2D eigenvalue weighted by atomic mass is 32.2. The predicted molar refractivity (Wildman–Crippen MR) is 132 cm³/mol. The molecule has 9 heteroatoms. The van der Waals surface area contributed by atoms with Crippen molar-refractivity contribution in [2.45, 2.75) is 42.8 Å². The molecule has 2 fully saturated rings. The molecule has 0 unspecified atom stereocenters. The number of para-hydroxylation sites is 1. The third-order valence-corrected chi connectivity index (χ3v) is 7.87. The molecule has 3 aliphatic rings.